The second-order valence-corrected chi connectivity index (χ2v) is 7.63. The van der Waals surface area contributed by atoms with Crippen LogP contribution in [0.4, 0.5) is 5.69 Å². The number of rotatable bonds is 6. The molecule has 4 aromatic rings. The van der Waals surface area contributed by atoms with Gasteiger partial charge in [-0.3, -0.25) is 19.1 Å². The van der Waals surface area contributed by atoms with Crippen molar-refractivity contribution in [2.75, 3.05) is 5.32 Å². The molecule has 1 N–H and O–H groups in total. The van der Waals surface area contributed by atoms with E-state index in [-0.39, 0.29) is 18.1 Å². The molecule has 0 saturated heterocycles. The number of nitrogens with zero attached hydrogens (tertiary/aromatic N) is 3. The molecule has 0 unspecified atom stereocenters. The molecule has 0 aliphatic rings. The van der Waals surface area contributed by atoms with Gasteiger partial charge in [0.1, 0.15) is 17.2 Å². The topological polar surface area (TPSA) is 86.1 Å². The van der Waals surface area contributed by atoms with Crippen molar-refractivity contribution in [1.29, 1.82) is 0 Å². The zero-order valence-electron chi connectivity index (χ0n) is 16.6. The summed E-state index contributed by atoms with van der Waals surface area (Å²) in [5.41, 5.74) is 1.85. The highest BCUT2D eigenvalue weighted by molar-refractivity contribution is 7.20. The zero-order chi connectivity index (χ0) is 21.1. The molecular formula is C22H20N4O3S. The number of para-hydroxylation sites is 2. The van der Waals surface area contributed by atoms with Crippen LogP contribution in [-0.2, 0) is 13.2 Å². The molecule has 8 heteroatoms. The van der Waals surface area contributed by atoms with Crippen LogP contribution < -0.4 is 15.6 Å². The normalized spacial score (nSPS) is 10.9. The van der Waals surface area contributed by atoms with Crippen LogP contribution in [0.1, 0.15) is 27.9 Å². The minimum absolute atomic E-state index is 0.130. The minimum atomic E-state index is -0.299. The van der Waals surface area contributed by atoms with Crippen LogP contribution in [0.25, 0.3) is 10.2 Å². The van der Waals surface area contributed by atoms with E-state index < -0.39 is 0 Å². The summed E-state index contributed by atoms with van der Waals surface area (Å²) in [6.07, 6.45) is 3.22. The molecule has 0 saturated carbocycles. The number of anilines is 1. The number of hydrogen-bond acceptors (Lipinski definition) is 6. The summed E-state index contributed by atoms with van der Waals surface area (Å²) in [6, 6.07) is 12.8. The number of thiophene rings is 1. The molecular weight excluding hydrogens is 400 g/mol. The summed E-state index contributed by atoms with van der Waals surface area (Å²) in [7, 11) is 0. The Labute approximate surface area is 177 Å². The molecule has 0 spiro atoms. The van der Waals surface area contributed by atoms with Crippen LogP contribution in [0.15, 0.2) is 59.8 Å². The van der Waals surface area contributed by atoms with Crippen LogP contribution in [0, 0.1) is 6.92 Å². The van der Waals surface area contributed by atoms with E-state index in [2.05, 4.69) is 15.3 Å². The van der Waals surface area contributed by atoms with Gasteiger partial charge in [-0.2, -0.15) is 0 Å². The molecule has 3 heterocycles. The van der Waals surface area contributed by atoms with Gasteiger partial charge >= 0.3 is 0 Å². The Morgan fingerprint density at radius 1 is 1.17 bits per heavy atom. The Bertz CT molecular complexity index is 1260. The van der Waals surface area contributed by atoms with Crippen molar-refractivity contribution in [3.05, 3.63) is 81.5 Å². The summed E-state index contributed by atoms with van der Waals surface area (Å²) < 4.78 is 7.39. The summed E-state index contributed by atoms with van der Waals surface area (Å²) in [4.78, 5) is 35.2. The maximum Gasteiger partial charge on any atom is 0.266 e. The lowest BCUT2D eigenvalue weighted by Crippen LogP contribution is -2.19. The van der Waals surface area contributed by atoms with E-state index in [0.29, 0.717) is 38.6 Å². The van der Waals surface area contributed by atoms with Crippen LogP contribution in [0.5, 0.6) is 5.75 Å². The zero-order valence-corrected chi connectivity index (χ0v) is 17.4. The third kappa shape index (κ3) is 3.81. The first-order valence-corrected chi connectivity index (χ1v) is 10.3. The molecule has 7 nitrogen and oxygen atoms in total. The first kappa shape index (κ1) is 19.8. The molecule has 0 atom stereocenters. The molecule has 3 aromatic heterocycles. The standard InChI is InChI=1S/C22H20N4O3S/c1-3-26-13-24-21-18(22(26)28)14(2)19(30-21)20(27)25-16-9-4-5-10-17(16)29-12-15-8-6-7-11-23-15/h4-11,13H,3,12H2,1-2H3,(H,25,27). The van der Waals surface area contributed by atoms with Crippen LogP contribution >= 0.6 is 11.3 Å². The lowest BCUT2D eigenvalue weighted by molar-refractivity contribution is 0.102. The first-order valence-electron chi connectivity index (χ1n) is 9.50. The first-order chi connectivity index (χ1) is 14.6. The number of benzene rings is 1. The molecule has 4 rings (SSSR count). The molecule has 1 aromatic carbocycles. The number of aryl methyl sites for hydroxylation is 2. The number of hydrogen-bond donors (Lipinski definition) is 1. The number of amides is 1. The van der Waals surface area contributed by atoms with Crippen molar-refractivity contribution in [1.82, 2.24) is 14.5 Å². The van der Waals surface area contributed by atoms with Gasteiger partial charge in [-0.05, 0) is 43.7 Å². The summed E-state index contributed by atoms with van der Waals surface area (Å²) in [6.45, 7) is 4.47. The average Bonchev–Trinajstić information content (AvgIpc) is 3.11. The number of carbonyl (C=O) groups is 1. The Balaban J connectivity index is 1.60. The van der Waals surface area contributed by atoms with Crippen LogP contribution in [-0.4, -0.2) is 20.4 Å². The SMILES string of the molecule is CCn1cnc2sc(C(=O)Nc3ccccc3OCc3ccccn3)c(C)c2c1=O. The third-order valence-corrected chi connectivity index (χ3v) is 5.90. The van der Waals surface area contributed by atoms with Crippen molar-refractivity contribution in [3.8, 4) is 5.75 Å². The van der Waals surface area contributed by atoms with Gasteiger partial charge in [-0.1, -0.05) is 18.2 Å². The Kier molecular flexibility index (Phi) is 5.58. The predicted molar refractivity (Wildman–Crippen MR) is 117 cm³/mol. The van der Waals surface area contributed by atoms with Gasteiger partial charge in [0.05, 0.1) is 28.0 Å². The fraction of sp³-hybridized carbons (Fsp3) is 0.182. The number of fused-ring (bicyclic) bond motifs is 1. The molecule has 0 bridgehead atoms. The number of pyridine rings is 1. The van der Waals surface area contributed by atoms with Crippen molar-refractivity contribution in [2.24, 2.45) is 0 Å². The Morgan fingerprint density at radius 2 is 1.97 bits per heavy atom. The fourth-order valence-electron chi connectivity index (χ4n) is 3.11. The number of carbonyl (C=O) groups excluding carboxylic acids is 1. The second kappa shape index (κ2) is 8.46. The van der Waals surface area contributed by atoms with Gasteiger partial charge in [0, 0.05) is 12.7 Å². The van der Waals surface area contributed by atoms with Crippen molar-refractivity contribution < 1.29 is 9.53 Å². The third-order valence-electron chi connectivity index (χ3n) is 4.70. The molecule has 30 heavy (non-hydrogen) atoms. The van der Waals surface area contributed by atoms with Gasteiger partial charge < -0.3 is 10.1 Å². The van der Waals surface area contributed by atoms with Crippen LogP contribution in [0.2, 0.25) is 0 Å². The Morgan fingerprint density at radius 3 is 2.73 bits per heavy atom. The van der Waals surface area contributed by atoms with E-state index in [1.165, 1.54) is 22.2 Å². The lowest BCUT2D eigenvalue weighted by atomic mass is 10.2. The van der Waals surface area contributed by atoms with E-state index in [1.54, 1.807) is 25.3 Å². The van der Waals surface area contributed by atoms with E-state index in [0.717, 1.165) is 5.69 Å². The maximum atomic E-state index is 13.0. The highest BCUT2D eigenvalue weighted by Gasteiger charge is 2.20. The van der Waals surface area contributed by atoms with Crippen LogP contribution in [0.3, 0.4) is 0 Å². The summed E-state index contributed by atoms with van der Waals surface area (Å²) in [5, 5.41) is 3.40. The second-order valence-electron chi connectivity index (χ2n) is 6.63. The highest BCUT2D eigenvalue weighted by Crippen LogP contribution is 2.30. The Hall–Kier alpha value is -3.52. The lowest BCUT2D eigenvalue weighted by Gasteiger charge is -2.12. The van der Waals surface area contributed by atoms with Crippen molar-refractivity contribution in [3.63, 3.8) is 0 Å². The van der Waals surface area contributed by atoms with Crippen molar-refractivity contribution in [2.45, 2.75) is 27.0 Å². The predicted octanol–water partition coefficient (Wildman–Crippen LogP) is 4.01. The minimum Gasteiger partial charge on any atom is -0.485 e. The van der Waals surface area contributed by atoms with Gasteiger partial charge in [0.15, 0.2) is 0 Å². The van der Waals surface area contributed by atoms with Gasteiger partial charge in [-0.25, -0.2) is 4.98 Å². The van der Waals surface area contributed by atoms with Crippen molar-refractivity contribution >= 4 is 33.1 Å². The molecule has 0 aliphatic heterocycles. The van der Waals surface area contributed by atoms with E-state index in [9.17, 15) is 9.59 Å². The highest BCUT2D eigenvalue weighted by atomic mass is 32.1. The van der Waals surface area contributed by atoms with Gasteiger partial charge in [-0.15, -0.1) is 11.3 Å². The fourth-order valence-corrected chi connectivity index (χ4v) is 4.15. The van der Waals surface area contributed by atoms with Gasteiger partial charge in [0.25, 0.3) is 11.5 Å². The largest absolute Gasteiger partial charge is 0.485 e. The molecule has 1 amide bonds. The van der Waals surface area contributed by atoms with E-state index >= 15 is 0 Å². The number of nitrogens with one attached hydrogen (secondary N) is 1. The smallest absolute Gasteiger partial charge is 0.266 e. The maximum absolute atomic E-state index is 13.0. The summed E-state index contributed by atoms with van der Waals surface area (Å²) in [5.74, 6) is 0.244. The molecule has 152 valence electrons. The molecule has 0 radical (unpaired) electrons. The van der Waals surface area contributed by atoms with E-state index in [1.807, 2.05) is 37.3 Å². The molecule has 0 aliphatic carbocycles. The monoisotopic (exact) mass is 420 g/mol. The average molecular weight is 420 g/mol. The van der Waals surface area contributed by atoms with E-state index in [4.69, 9.17) is 4.74 Å². The number of ether oxygens (including phenoxy) is 1. The molecule has 0 fully saturated rings. The van der Waals surface area contributed by atoms with Gasteiger partial charge in [0.2, 0.25) is 0 Å². The number of aromatic nitrogens is 3. The quantitative estimate of drug-likeness (QED) is 0.509. The summed E-state index contributed by atoms with van der Waals surface area (Å²) >= 11 is 1.21.